The lowest BCUT2D eigenvalue weighted by molar-refractivity contribution is -0.133. The second-order valence-corrected chi connectivity index (χ2v) is 9.55. The van der Waals surface area contributed by atoms with Crippen molar-refractivity contribution >= 4 is 5.91 Å². The number of piperidine rings is 1. The molecule has 1 spiro atoms. The predicted octanol–water partition coefficient (Wildman–Crippen LogP) is 4.71. The van der Waals surface area contributed by atoms with Crippen molar-refractivity contribution in [3.05, 3.63) is 65.5 Å². The number of benzene rings is 2. The number of carbonyl (C=O) groups excluding carboxylic acids is 1. The van der Waals surface area contributed by atoms with Gasteiger partial charge in [0.15, 0.2) is 0 Å². The number of likely N-dealkylation sites (N-methyl/N-ethyl adjacent to an activating group) is 1. The molecule has 5 heteroatoms. The minimum Gasteiger partial charge on any atom is -0.492 e. The molecular weight excluding hydrogens is 403 g/mol. The molecular formula is C27H35FN2O2. The Morgan fingerprint density at radius 3 is 2.56 bits per heavy atom. The second kappa shape index (κ2) is 10.5. The summed E-state index contributed by atoms with van der Waals surface area (Å²) < 4.78 is 20.1. The molecule has 172 valence electrons. The van der Waals surface area contributed by atoms with Crippen LogP contribution in [0.3, 0.4) is 0 Å². The first-order valence-electron chi connectivity index (χ1n) is 12.0. The van der Waals surface area contributed by atoms with Gasteiger partial charge in [-0.1, -0.05) is 42.8 Å². The van der Waals surface area contributed by atoms with Crippen LogP contribution in [0.2, 0.25) is 0 Å². The topological polar surface area (TPSA) is 32.8 Å². The SMILES string of the molecule is CN1CCOc2ccccc2CCCCC2(CCN(C(=O)Cc3ccccc3F)CC2)C1. The maximum atomic E-state index is 14.0. The standard InChI is InChI=1S/C27H35FN2O2/c1-29-18-19-32-25-12-5-3-8-22(25)9-6-7-13-27(21-29)14-16-30(17-15-27)26(31)20-23-10-2-4-11-24(23)28/h2-5,8,10-12H,6-7,9,13-21H2,1H3. The highest BCUT2D eigenvalue weighted by molar-refractivity contribution is 5.79. The highest BCUT2D eigenvalue weighted by Gasteiger charge is 2.36. The smallest absolute Gasteiger partial charge is 0.227 e. The Bertz CT molecular complexity index is 908. The van der Waals surface area contributed by atoms with Gasteiger partial charge in [0.05, 0.1) is 6.42 Å². The van der Waals surface area contributed by atoms with E-state index in [0.29, 0.717) is 12.2 Å². The Kier molecular flexibility index (Phi) is 7.46. The maximum absolute atomic E-state index is 14.0. The van der Waals surface area contributed by atoms with E-state index in [-0.39, 0.29) is 23.6 Å². The molecule has 0 radical (unpaired) electrons. The quantitative estimate of drug-likeness (QED) is 0.681. The molecule has 0 bridgehead atoms. The molecule has 1 amide bonds. The summed E-state index contributed by atoms with van der Waals surface area (Å²) in [6.07, 6.45) is 6.75. The fourth-order valence-electron chi connectivity index (χ4n) is 5.26. The van der Waals surface area contributed by atoms with Crippen LogP contribution in [0.25, 0.3) is 0 Å². The fraction of sp³-hybridized carbons (Fsp3) is 0.519. The summed E-state index contributed by atoms with van der Waals surface area (Å²) in [5, 5.41) is 0. The number of hydrogen-bond acceptors (Lipinski definition) is 3. The lowest BCUT2D eigenvalue weighted by atomic mass is 9.73. The molecule has 2 aromatic carbocycles. The van der Waals surface area contributed by atoms with Crippen molar-refractivity contribution in [2.75, 3.05) is 39.8 Å². The Morgan fingerprint density at radius 1 is 1.00 bits per heavy atom. The number of rotatable bonds is 2. The van der Waals surface area contributed by atoms with Crippen LogP contribution in [0.1, 0.15) is 43.2 Å². The van der Waals surface area contributed by atoms with Gasteiger partial charge in [-0.25, -0.2) is 4.39 Å². The van der Waals surface area contributed by atoms with E-state index >= 15 is 0 Å². The summed E-state index contributed by atoms with van der Waals surface area (Å²) in [5.74, 6) is 0.772. The monoisotopic (exact) mass is 438 g/mol. The lowest BCUT2D eigenvalue weighted by Gasteiger charge is -2.44. The second-order valence-electron chi connectivity index (χ2n) is 9.55. The molecule has 0 aromatic heterocycles. The van der Waals surface area contributed by atoms with Crippen molar-refractivity contribution in [2.24, 2.45) is 5.41 Å². The van der Waals surface area contributed by atoms with Crippen molar-refractivity contribution in [2.45, 2.75) is 44.9 Å². The first-order chi connectivity index (χ1) is 15.5. The minimum atomic E-state index is -0.293. The predicted molar refractivity (Wildman–Crippen MR) is 125 cm³/mol. The summed E-state index contributed by atoms with van der Waals surface area (Å²) >= 11 is 0. The van der Waals surface area contributed by atoms with Gasteiger partial charge in [0.2, 0.25) is 5.91 Å². The number of nitrogens with zero attached hydrogens (tertiary/aromatic N) is 2. The van der Waals surface area contributed by atoms with E-state index in [1.54, 1.807) is 18.2 Å². The van der Waals surface area contributed by atoms with E-state index in [1.165, 1.54) is 24.5 Å². The van der Waals surface area contributed by atoms with Gasteiger partial charge in [0.25, 0.3) is 0 Å². The van der Waals surface area contributed by atoms with E-state index in [0.717, 1.165) is 57.6 Å². The summed E-state index contributed by atoms with van der Waals surface area (Å²) in [5.41, 5.74) is 2.03. The molecule has 2 aliphatic rings. The van der Waals surface area contributed by atoms with Crippen LogP contribution in [0.4, 0.5) is 4.39 Å². The molecule has 0 unspecified atom stereocenters. The number of likely N-dealkylation sites (tertiary alicyclic amines) is 1. The molecule has 2 heterocycles. The number of ether oxygens (including phenoxy) is 1. The molecule has 32 heavy (non-hydrogen) atoms. The third-order valence-corrected chi connectivity index (χ3v) is 7.19. The molecule has 0 atom stereocenters. The third-order valence-electron chi connectivity index (χ3n) is 7.19. The van der Waals surface area contributed by atoms with Gasteiger partial charge >= 0.3 is 0 Å². The molecule has 0 saturated carbocycles. The van der Waals surface area contributed by atoms with Crippen molar-refractivity contribution in [1.82, 2.24) is 9.80 Å². The van der Waals surface area contributed by atoms with Crippen LogP contribution in [-0.2, 0) is 17.6 Å². The number of para-hydroxylation sites is 1. The zero-order valence-electron chi connectivity index (χ0n) is 19.2. The maximum Gasteiger partial charge on any atom is 0.227 e. The molecule has 0 N–H and O–H groups in total. The number of amides is 1. The van der Waals surface area contributed by atoms with E-state index in [2.05, 4.69) is 30.1 Å². The van der Waals surface area contributed by atoms with Gasteiger partial charge < -0.3 is 14.5 Å². The van der Waals surface area contributed by atoms with Crippen LogP contribution in [0.15, 0.2) is 48.5 Å². The van der Waals surface area contributed by atoms with E-state index in [1.807, 2.05) is 11.0 Å². The van der Waals surface area contributed by atoms with Crippen molar-refractivity contribution in [3.8, 4) is 5.75 Å². The zero-order valence-corrected chi connectivity index (χ0v) is 19.2. The fourth-order valence-corrected chi connectivity index (χ4v) is 5.26. The van der Waals surface area contributed by atoms with Crippen molar-refractivity contribution in [1.29, 1.82) is 0 Å². The van der Waals surface area contributed by atoms with Gasteiger partial charge in [-0.2, -0.15) is 0 Å². The summed E-state index contributed by atoms with van der Waals surface area (Å²) in [4.78, 5) is 17.1. The van der Waals surface area contributed by atoms with Crippen molar-refractivity contribution < 1.29 is 13.9 Å². The first-order valence-corrected chi connectivity index (χ1v) is 12.0. The molecule has 2 aliphatic heterocycles. The van der Waals surface area contributed by atoms with Crippen molar-refractivity contribution in [3.63, 3.8) is 0 Å². The third kappa shape index (κ3) is 5.69. The summed E-state index contributed by atoms with van der Waals surface area (Å²) in [6.45, 7) is 4.15. The Labute approximate surface area is 191 Å². The first kappa shape index (κ1) is 22.8. The Morgan fingerprint density at radius 2 is 1.75 bits per heavy atom. The molecule has 4 rings (SSSR count). The highest BCUT2D eigenvalue weighted by atomic mass is 19.1. The normalized spacial score (nSPS) is 20.0. The Hall–Kier alpha value is -2.40. The van der Waals surface area contributed by atoms with Gasteiger partial charge in [-0.15, -0.1) is 0 Å². The van der Waals surface area contributed by atoms with E-state index in [4.69, 9.17) is 4.74 Å². The summed E-state index contributed by atoms with van der Waals surface area (Å²) in [6, 6.07) is 15.0. The van der Waals surface area contributed by atoms with Crippen LogP contribution >= 0.6 is 0 Å². The number of aryl methyl sites for hydroxylation is 1. The highest BCUT2D eigenvalue weighted by Crippen LogP contribution is 2.38. The van der Waals surface area contributed by atoms with Gasteiger partial charge in [-0.3, -0.25) is 4.79 Å². The molecule has 1 fully saturated rings. The van der Waals surface area contributed by atoms with Crippen LogP contribution in [0, 0.1) is 11.2 Å². The van der Waals surface area contributed by atoms with E-state index in [9.17, 15) is 9.18 Å². The molecule has 4 nitrogen and oxygen atoms in total. The number of fused-ring (bicyclic) bond motifs is 1. The van der Waals surface area contributed by atoms with Crippen LogP contribution in [0.5, 0.6) is 5.75 Å². The number of hydrogen-bond donors (Lipinski definition) is 0. The average molecular weight is 439 g/mol. The lowest BCUT2D eigenvalue weighted by Crippen LogP contribution is -2.48. The molecule has 1 saturated heterocycles. The number of carbonyl (C=O) groups is 1. The van der Waals surface area contributed by atoms with Crippen LogP contribution in [-0.4, -0.2) is 55.5 Å². The molecule has 2 aromatic rings. The largest absolute Gasteiger partial charge is 0.492 e. The average Bonchev–Trinajstić information content (AvgIpc) is 2.79. The summed E-state index contributed by atoms with van der Waals surface area (Å²) in [7, 11) is 2.18. The number of halogens is 1. The van der Waals surface area contributed by atoms with Gasteiger partial charge in [0, 0.05) is 26.2 Å². The van der Waals surface area contributed by atoms with Crippen LogP contribution < -0.4 is 4.74 Å². The van der Waals surface area contributed by atoms with E-state index < -0.39 is 0 Å². The van der Waals surface area contributed by atoms with Gasteiger partial charge in [-0.05, 0) is 67.8 Å². The minimum absolute atomic E-state index is 0.0384. The molecule has 0 aliphatic carbocycles. The Balaban J connectivity index is 1.37. The van der Waals surface area contributed by atoms with Gasteiger partial charge in [0.1, 0.15) is 18.2 Å². The zero-order chi connectivity index (χ0) is 22.4.